The van der Waals surface area contributed by atoms with Crippen molar-refractivity contribution in [2.45, 2.75) is 44.7 Å². The lowest BCUT2D eigenvalue weighted by molar-refractivity contribution is -0.137. The second-order valence-corrected chi connectivity index (χ2v) is 8.26. The second-order valence-electron chi connectivity index (χ2n) is 7.03. The number of benzene rings is 1. The molecule has 0 saturated heterocycles. The Hall–Kier alpha value is -2.82. The quantitative estimate of drug-likeness (QED) is 0.394. The van der Waals surface area contributed by atoms with E-state index in [0.717, 1.165) is 23.3 Å². The highest BCUT2D eigenvalue weighted by Crippen LogP contribution is 2.29. The van der Waals surface area contributed by atoms with Gasteiger partial charge in [-0.25, -0.2) is 14.6 Å². The fourth-order valence-corrected chi connectivity index (χ4v) is 3.46. The Balaban J connectivity index is 1.74. The normalized spacial score (nSPS) is 11.8. The summed E-state index contributed by atoms with van der Waals surface area (Å²) in [6.45, 7) is 6.51. The van der Waals surface area contributed by atoms with Gasteiger partial charge in [0.15, 0.2) is 10.8 Å². The molecule has 11 heteroatoms. The van der Waals surface area contributed by atoms with Crippen molar-refractivity contribution in [3.8, 4) is 0 Å². The van der Waals surface area contributed by atoms with Crippen LogP contribution in [0.25, 0.3) is 11.0 Å². The summed E-state index contributed by atoms with van der Waals surface area (Å²) in [5.74, 6) is 0.921. The molecule has 0 spiro atoms. The first-order chi connectivity index (χ1) is 14.7. The number of aromatic nitrogens is 4. The molecular formula is C20H23F3N6OS. The Morgan fingerprint density at radius 3 is 2.71 bits per heavy atom. The fourth-order valence-electron chi connectivity index (χ4n) is 2.89. The average Bonchev–Trinajstić information content (AvgIpc) is 3.10. The number of carbonyl (C=O) groups is 1. The van der Waals surface area contributed by atoms with Gasteiger partial charge in [0.2, 0.25) is 0 Å². The molecule has 0 bridgehead atoms. The van der Waals surface area contributed by atoms with E-state index >= 15 is 0 Å². The minimum atomic E-state index is -4.50. The Morgan fingerprint density at radius 1 is 1.26 bits per heavy atom. The summed E-state index contributed by atoms with van der Waals surface area (Å²) in [7, 11) is 0. The van der Waals surface area contributed by atoms with Gasteiger partial charge in [0.25, 0.3) is 5.91 Å². The molecule has 2 aromatic heterocycles. The van der Waals surface area contributed by atoms with E-state index in [9.17, 15) is 18.0 Å². The van der Waals surface area contributed by atoms with Gasteiger partial charge in [-0.05, 0) is 37.8 Å². The number of alkyl halides is 3. The molecule has 0 aliphatic rings. The number of amides is 1. The SMILES string of the molecule is CCSc1nc(NC(C)C)c2cnn(CCNC(=O)c3cccc(C(F)(F)F)c3)c2n1. The van der Waals surface area contributed by atoms with Crippen molar-refractivity contribution in [1.29, 1.82) is 0 Å². The number of carbonyl (C=O) groups excluding carboxylic acids is 1. The van der Waals surface area contributed by atoms with Crippen LogP contribution in [0.15, 0.2) is 35.6 Å². The van der Waals surface area contributed by atoms with Gasteiger partial charge in [-0.3, -0.25) is 4.79 Å². The molecule has 1 aromatic carbocycles. The molecule has 0 atom stereocenters. The Labute approximate surface area is 181 Å². The van der Waals surface area contributed by atoms with Crippen LogP contribution in [0, 0.1) is 0 Å². The zero-order valence-corrected chi connectivity index (χ0v) is 18.1. The number of hydrogen-bond donors (Lipinski definition) is 2. The standard InChI is InChI=1S/C20H23F3N6OS/c1-4-31-19-27-16(26-12(2)3)15-11-25-29(17(15)28-19)9-8-24-18(30)13-6-5-7-14(10-13)20(21,22)23/h5-7,10-12H,4,8-9H2,1-3H3,(H,24,30)(H,26,27,28). The molecule has 0 aliphatic carbocycles. The van der Waals surface area contributed by atoms with Crippen LogP contribution in [-0.4, -0.2) is 44.0 Å². The van der Waals surface area contributed by atoms with Gasteiger partial charge in [-0.2, -0.15) is 18.3 Å². The van der Waals surface area contributed by atoms with E-state index < -0.39 is 17.6 Å². The zero-order valence-electron chi connectivity index (χ0n) is 17.3. The maximum atomic E-state index is 12.9. The van der Waals surface area contributed by atoms with Crippen molar-refractivity contribution >= 4 is 34.5 Å². The molecule has 3 rings (SSSR count). The smallest absolute Gasteiger partial charge is 0.367 e. The maximum absolute atomic E-state index is 12.9. The first-order valence-corrected chi connectivity index (χ1v) is 10.8. The number of fused-ring (bicyclic) bond motifs is 1. The second kappa shape index (κ2) is 9.54. The third kappa shape index (κ3) is 5.66. The average molecular weight is 453 g/mol. The number of rotatable bonds is 8. The van der Waals surface area contributed by atoms with Crippen LogP contribution in [0.2, 0.25) is 0 Å². The topological polar surface area (TPSA) is 84.7 Å². The molecule has 2 heterocycles. The van der Waals surface area contributed by atoms with E-state index in [2.05, 4.69) is 25.7 Å². The van der Waals surface area contributed by atoms with Gasteiger partial charge in [0.1, 0.15) is 5.82 Å². The van der Waals surface area contributed by atoms with Gasteiger partial charge in [0.05, 0.1) is 23.7 Å². The minimum Gasteiger partial charge on any atom is -0.367 e. The van der Waals surface area contributed by atoms with E-state index in [1.807, 2.05) is 20.8 Å². The van der Waals surface area contributed by atoms with Gasteiger partial charge in [-0.15, -0.1) is 0 Å². The highest BCUT2D eigenvalue weighted by molar-refractivity contribution is 7.99. The van der Waals surface area contributed by atoms with Gasteiger partial charge in [-0.1, -0.05) is 24.8 Å². The molecule has 31 heavy (non-hydrogen) atoms. The number of hydrogen-bond acceptors (Lipinski definition) is 6. The lowest BCUT2D eigenvalue weighted by Gasteiger charge is -2.12. The summed E-state index contributed by atoms with van der Waals surface area (Å²) in [5.41, 5.74) is -0.281. The lowest BCUT2D eigenvalue weighted by atomic mass is 10.1. The fraction of sp³-hybridized carbons (Fsp3) is 0.400. The summed E-state index contributed by atoms with van der Waals surface area (Å²) >= 11 is 1.51. The van der Waals surface area contributed by atoms with Gasteiger partial charge in [0, 0.05) is 18.2 Å². The Kier molecular flexibility index (Phi) is 7.04. The summed E-state index contributed by atoms with van der Waals surface area (Å²) in [6, 6.07) is 4.50. The molecule has 166 valence electrons. The number of nitrogens with zero attached hydrogens (tertiary/aromatic N) is 4. The summed E-state index contributed by atoms with van der Waals surface area (Å²) in [6.07, 6.45) is -2.84. The van der Waals surface area contributed by atoms with E-state index in [1.54, 1.807) is 10.9 Å². The number of halogens is 3. The monoisotopic (exact) mass is 452 g/mol. The Morgan fingerprint density at radius 2 is 2.03 bits per heavy atom. The van der Waals surface area contributed by atoms with Crippen LogP contribution in [0.5, 0.6) is 0 Å². The largest absolute Gasteiger partial charge is 0.416 e. The molecule has 2 N–H and O–H groups in total. The highest BCUT2D eigenvalue weighted by atomic mass is 32.2. The molecule has 0 radical (unpaired) electrons. The third-order valence-electron chi connectivity index (χ3n) is 4.24. The van der Waals surface area contributed by atoms with E-state index in [-0.39, 0.29) is 18.2 Å². The molecular weight excluding hydrogens is 429 g/mol. The van der Waals surface area contributed by atoms with Gasteiger partial charge >= 0.3 is 6.18 Å². The maximum Gasteiger partial charge on any atom is 0.416 e. The predicted octanol–water partition coefficient (Wildman–Crippen LogP) is 4.21. The van der Waals surface area contributed by atoms with Crippen molar-refractivity contribution in [2.75, 3.05) is 17.6 Å². The van der Waals surface area contributed by atoms with E-state index in [0.29, 0.717) is 23.2 Å². The third-order valence-corrected chi connectivity index (χ3v) is 4.97. The molecule has 0 unspecified atom stereocenters. The van der Waals surface area contributed by atoms with Crippen LogP contribution in [0.3, 0.4) is 0 Å². The van der Waals surface area contributed by atoms with Gasteiger partial charge < -0.3 is 10.6 Å². The van der Waals surface area contributed by atoms with Crippen LogP contribution in [-0.2, 0) is 12.7 Å². The predicted molar refractivity (Wildman–Crippen MR) is 114 cm³/mol. The van der Waals surface area contributed by atoms with Crippen molar-refractivity contribution in [3.05, 3.63) is 41.6 Å². The highest BCUT2D eigenvalue weighted by Gasteiger charge is 2.30. The molecule has 0 fully saturated rings. The molecule has 0 saturated carbocycles. The first kappa shape index (κ1) is 22.9. The van der Waals surface area contributed by atoms with Crippen molar-refractivity contribution < 1.29 is 18.0 Å². The first-order valence-electron chi connectivity index (χ1n) is 9.77. The van der Waals surface area contributed by atoms with Crippen LogP contribution in [0.1, 0.15) is 36.7 Å². The minimum absolute atomic E-state index is 0.0486. The van der Waals surface area contributed by atoms with E-state index in [1.165, 1.54) is 23.9 Å². The summed E-state index contributed by atoms with van der Waals surface area (Å²) in [5, 5.41) is 11.7. The van der Waals surface area contributed by atoms with Crippen molar-refractivity contribution in [1.82, 2.24) is 25.1 Å². The molecule has 7 nitrogen and oxygen atoms in total. The van der Waals surface area contributed by atoms with Crippen molar-refractivity contribution in [3.63, 3.8) is 0 Å². The van der Waals surface area contributed by atoms with Crippen LogP contribution in [0.4, 0.5) is 19.0 Å². The zero-order chi connectivity index (χ0) is 22.6. The van der Waals surface area contributed by atoms with Crippen molar-refractivity contribution in [2.24, 2.45) is 0 Å². The van der Waals surface area contributed by atoms with E-state index in [4.69, 9.17) is 0 Å². The number of nitrogens with one attached hydrogen (secondary N) is 2. The lowest BCUT2D eigenvalue weighted by Crippen LogP contribution is -2.27. The van der Waals surface area contributed by atoms with Crippen LogP contribution >= 0.6 is 11.8 Å². The molecule has 3 aromatic rings. The Bertz CT molecular complexity index is 1070. The molecule has 1 amide bonds. The number of thioether (sulfide) groups is 1. The number of anilines is 1. The summed E-state index contributed by atoms with van der Waals surface area (Å²) < 4.78 is 40.2. The molecule has 0 aliphatic heterocycles. The van der Waals surface area contributed by atoms with Crippen LogP contribution < -0.4 is 10.6 Å². The summed E-state index contributed by atoms with van der Waals surface area (Å²) in [4.78, 5) is 21.4.